The number of urea groups is 1. The lowest BCUT2D eigenvalue weighted by Gasteiger charge is -2.19. The topological polar surface area (TPSA) is 79.9 Å². The highest BCUT2D eigenvalue weighted by molar-refractivity contribution is 5.96. The van der Waals surface area contributed by atoms with Crippen molar-refractivity contribution < 1.29 is 19.1 Å². The third-order valence-corrected chi connectivity index (χ3v) is 4.22. The number of hydrogen-bond acceptors (Lipinski definition) is 4. The monoisotopic (exact) mass is 335 g/mol. The van der Waals surface area contributed by atoms with Crippen molar-refractivity contribution in [3.63, 3.8) is 0 Å². The van der Waals surface area contributed by atoms with Crippen molar-refractivity contribution >= 4 is 17.6 Å². The van der Waals surface area contributed by atoms with Crippen LogP contribution in [0.5, 0.6) is 0 Å². The normalized spacial score (nSPS) is 17.5. The summed E-state index contributed by atoms with van der Waals surface area (Å²) in [6.07, 6.45) is -0.203. The first-order valence-corrected chi connectivity index (χ1v) is 7.92. The minimum absolute atomic E-state index is 0.00946. The predicted molar refractivity (Wildman–Crippen MR) is 91.0 cm³/mol. The van der Waals surface area contributed by atoms with E-state index in [4.69, 9.17) is 9.47 Å². The molecular formula is C17H25N3O4. The van der Waals surface area contributed by atoms with Gasteiger partial charge in [-0.3, -0.25) is 4.79 Å². The number of aryl methyl sites for hydroxylation is 2. The van der Waals surface area contributed by atoms with E-state index in [2.05, 4.69) is 10.6 Å². The summed E-state index contributed by atoms with van der Waals surface area (Å²) in [6.45, 7) is 4.75. The van der Waals surface area contributed by atoms with E-state index in [-0.39, 0.29) is 24.5 Å². The molecule has 0 unspecified atom stereocenters. The summed E-state index contributed by atoms with van der Waals surface area (Å²) in [4.78, 5) is 25.9. The average Bonchev–Trinajstić information content (AvgIpc) is 2.91. The van der Waals surface area contributed by atoms with E-state index in [1.807, 2.05) is 32.0 Å². The van der Waals surface area contributed by atoms with E-state index in [0.717, 1.165) is 11.3 Å². The van der Waals surface area contributed by atoms with E-state index in [0.29, 0.717) is 13.0 Å². The molecule has 1 aliphatic rings. The number of methoxy groups -OCH3 is 2. The molecule has 24 heavy (non-hydrogen) atoms. The molecule has 2 rings (SSSR count). The van der Waals surface area contributed by atoms with Crippen molar-refractivity contribution in [2.45, 2.75) is 32.6 Å². The number of benzene rings is 1. The summed E-state index contributed by atoms with van der Waals surface area (Å²) in [7, 11) is 3.01. The van der Waals surface area contributed by atoms with Crippen LogP contribution in [0, 0.1) is 13.8 Å². The molecule has 1 aromatic carbocycles. The highest BCUT2D eigenvalue weighted by Gasteiger charge is 2.31. The Morgan fingerprint density at radius 2 is 2.00 bits per heavy atom. The molecule has 0 bridgehead atoms. The van der Waals surface area contributed by atoms with Gasteiger partial charge in [0.15, 0.2) is 6.29 Å². The van der Waals surface area contributed by atoms with Crippen molar-refractivity contribution in [3.05, 3.63) is 29.3 Å². The molecule has 1 aliphatic heterocycles. The maximum atomic E-state index is 12.2. The molecule has 132 valence electrons. The van der Waals surface area contributed by atoms with E-state index < -0.39 is 6.29 Å². The molecule has 0 spiro atoms. The van der Waals surface area contributed by atoms with E-state index in [1.54, 1.807) is 4.90 Å². The Hall–Kier alpha value is -2.12. The molecule has 2 N–H and O–H groups in total. The molecular weight excluding hydrogens is 310 g/mol. The number of nitrogens with zero attached hydrogens (tertiary/aromatic N) is 1. The van der Waals surface area contributed by atoms with Crippen molar-refractivity contribution in [2.75, 3.05) is 32.2 Å². The SMILES string of the molecule is COC(CNC(=O)N[C@@H]1CC(=O)N(c2ccc(C)c(C)c2)C1)OC. The van der Waals surface area contributed by atoms with Gasteiger partial charge in [-0.1, -0.05) is 6.07 Å². The van der Waals surface area contributed by atoms with Gasteiger partial charge in [0.05, 0.1) is 12.6 Å². The molecule has 0 aromatic heterocycles. The lowest BCUT2D eigenvalue weighted by atomic mass is 10.1. The minimum Gasteiger partial charge on any atom is -0.354 e. The lowest BCUT2D eigenvalue weighted by molar-refractivity contribution is -0.117. The molecule has 7 nitrogen and oxygen atoms in total. The Morgan fingerprint density at radius 3 is 2.62 bits per heavy atom. The summed E-state index contributed by atoms with van der Waals surface area (Å²) in [5.74, 6) is 0.00946. The Kier molecular flexibility index (Phi) is 6.16. The standard InChI is InChI=1S/C17H25N3O4/c1-11-5-6-14(7-12(11)2)20-10-13(8-15(20)21)19-17(22)18-9-16(23-3)24-4/h5-7,13,16H,8-10H2,1-4H3,(H2,18,19,22)/t13-/m1/s1. The highest BCUT2D eigenvalue weighted by Crippen LogP contribution is 2.24. The fourth-order valence-electron chi connectivity index (χ4n) is 2.62. The number of hydrogen-bond donors (Lipinski definition) is 2. The van der Waals surface area contributed by atoms with Gasteiger partial charge in [0.1, 0.15) is 0 Å². The van der Waals surface area contributed by atoms with Gasteiger partial charge >= 0.3 is 6.03 Å². The zero-order valence-corrected chi connectivity index (χ0v) is 14.6. The second kappa shape index (κ2) is 8.12. The second-order valence-corrected chi connectivity index (χ2v) is 5.93. The maximum Gasteiger partial charge on any atom is 0.315 e. The Morgan fingerprint density at radius 1 is 1.29 bits per heavy atom. The molecule has 1 aromatic rings. The summed E-state index contributed by atoms with van der Waals surface area (Å²) in [5.41, 5.74) is 3.19. The van der Waals surface area contributed by atoms with Gasteiger partial charge in [0.25, 0.3) is 0 Å². The molecule has 1 fully saturated rings. The van der Waals surface area contributed by atoms with E-state index in [1.165, 1.54) is 19.8 Å². The van der Waals surface area contributed by atoms with E-state index >= 15 is 0 Å². The molecule has 0 aliphatic carbocycles. The summed E-state index contributed by atoms with van der Waals surface area (Å²) >= 11 is 0. The van der Waals surface area contributed by atoms with Crippen LogP contribution in [0.4, 0.5) is 10.5 Å². The van der Waals surface area contributed by atoms with Gasteiger partial charge in [-0.25, -0.2) is 4.79 Å². The van der Waals surface area contributed by atoms with Crippen LogP contribution < -0.4 is 15.5 Å². The Labute approximate surface area is 142 Å². The number of nitrogens with one attached hydrogen (secondary N) is 2. The van der Waals surface area contributed by atoms with Gasteiger partial charge in [0, 0.05) is 32.9 Å². The summed E-state index contributed by atoms with van der Waals surface area (Å²) in [6, 6.07) is 5.37. The quantitative estimate of drug-likeness (QED) is 0.769. The first kappa shape index (κ1) is 18.2. The van der Waals surface area contributed by atoms with Crippen LogP contribution >= 0.6 is 0 Å². The maximum absolute atomic E-state index is 12.2. The van der Waals surface area contributed by atoms with Crippen molar-refractivity contribution in [1.29, 1.82) is 0 Å². The Bertz CT molecular complexity index is 601. The average molecular weight is 335 g/mol. The highest BCUT2D eigenvalue weighted by atomic mass is 16.7. The number of anilines is 1. The molecule has 0 saturated carbocycles. The van der Waals surface area contributed by atoms with Gasteiger partial charge in [-0.2, -0.15) is 0 Å². The fourth-order valence-corrected chi connectivity index (χ4v) is 2.62. The van der Waals surface area contributed by atoms with Crippen LogP contribution in [0.3, 0.4) is 0 Å². The van der Waals surface area contributed by atoms with Crippen LogP contribution in [0.1, 0.15) is 17.5 Å². The zero-order valence-electron chi connectivity index (χ0n) is 14.6. The fraction of sp³-hybridized carbons (Fsp3) is 0.529. The van der Waals surface area contributed by atoms with Crippen molar-refractivity contribution in [1.82, 2.24) is 10.6 Å². The van der Waals surface area contributed by atoms with Crippen LogP contribution in [-0.4, -0.2) is 51.6 Å². The molecule has 1 heterocycles. The molecule has 1 atom stereocenters. The smallest absolute Gasteiger partial charge is 0.315 e. The predicted octanol–water partition coefficient (Wildman–Crippen LogP) is 1.33. The molecule has 7 heteroatoms. The van der Waals surface area contributed by atoms with Crippen molar-refractivity contribution in [3.8, 4) is 0 Å². The third kappa shape index (κ3) is 4.46. The molecule has 1 saturated heterocycles. The number of carbonyl (C=O) groups is 2. The molecule has 3 amide bonds. The number of ether oxygens (including phenoxy) is 2. The molecule has 0 radical (unpaired) electrons. The van der Waals surface area contributed by atoms with Crippen LogP contribution in [-0.2, 0) is 14.3 Å². The lowest BCUT2D eigenvalue weighted by Crippen LogP contribution is -2.46. The number of carbonyl (C=O) groups excluding carboxylic acids is 2. The summed E-state index contributed by atoms with van der Waals surface area (Å²) in [5, 5.41) is 5.48. The Balaban J connectivity index is 1.90. The number of rotatable bonds is 6. The largest absolute Gasteiger partial charge is 0.354 e. The number of amides is 3. The first-order valence-electron chi connectivity index (χ1n) is 7.92. The van der Waals surface area contributed by atoms with E-state index in [9.17, 15) is 9.59 Å². The van der Waals surface area contributed by atoms with Crippen LogP contribution in [0.2, 0.25) is 0 Å². The third-order valence-electron chi connectivity index (χ3n) is 4.22. The van der Waals surface area contributed by atoms with Gasteiger partial charge in [0.2, 0.25) is 5.91 Å². The second-order valence-electron chi connectivity index (χ2n) is 5.93. The van der Waals surface area contributed by atoms with Gasteiger partial charge in [-0.15, -0.1) is 0 Å². The summed E-state index contributed by atoms with van der Waals surface area (Å²) < 4.78 is 10.0. The zero-order chi connectivity index (χ0) is 17.7. The van der Waals surface area contributed by atoms with Gasteiger partial charge in [-0.05, 0) is 37.1 Å². The van der Waals surface area contributed by atoms with Crippen LogP contribution in [0.25, 0.3) is 0 Å². The van der Waals surface area contributed by atoms with Gasteiger partial charge < -0.3 is 25.0 Å². The minimum atomic E-state index is -0.493. The van der Waals surface area contributed by atoms with Crippen LogP contribution in [0.15, 0.2) is 18.2 Å². The first-order chi connectivity index (χ1) is 11.4. The van der Waals surface area contributed by atoms with Crippen molar-refractivity contribution in [2.24, 2.45) is 0 Å².